The van der Waals surface area contributed by atoms with E-state index in [1.54, 1.807) is 35.9 Å². The van der Waals surface area contributed by atoms with Gasteiger partial charge in [-0.15, -0.1) is 0 Å². The topological polar surface area (TPSA) is 117 Å². The Labute approximate surface area is 193 Å². The number of anilines is 1. The first-order valence-electron chi connectivity index (χ1n) is 10.7. The van der Waals surface area contributed by atoms with Crippen LogP contribution in [0, 0.1) is 0 Å². The summed E-state index contributed by atoms with van der Waals surface area (Å²) in [5.74, 6) is 0.495. The summed E-state index contributed by atoms with van der Waals surface area (Å²) in [4.78, 5) is 31.9. The molecule has 0 radical (unpaired) electrons. The Morgan fingerprint density at radius 2 is 1.79 bits per heavy atom. The fraction of sp³-hybridized carbons (Fsp3) is 0.120. The molecule has 2 aromatic heterocycles. The molecule has 0 aliphatic heterocycles. The van der Waals surface area contributed by atoms with Crippen LogP contribution in [0.15, 0.2) is 81.4 Å². The van der Waals surface area contributed by atoms with E-state index in [9.17, 15) is 14.7 Å². The maximum absolute atomic E-state index is 12.8. The lowest BCUT2D eigenvalue weighted by molar-refractivity contribution is 0.475. The number of aryl methyl sites for hydroxylation is 1. The number of phenols is 1. The molecule has 0 bridgehead atoms. The van der Waals surface area contributed by atoms with Crippen molar-refractivity contribution in [2.75, 3.05) is 5.43 Å². The smallest absolute Gasteiger partial charge is 0.329 e. The van der Waals surface area contributed by atoms with Crippen LogP contribution in [0.2, 0.25) is 0 Å². The normalized spacial score (nSPS) is 11.9. The minimum Gasteiger partial charge on any atom is -0.508 e. The Hall–Kier alpha value is -4.66. The van der Waals surface area contributed by atoms with Crippen LogP contribution >= 0.6 is 0 Å². The van der Waals surface area contributed by atoms with E-state index in [2.05, 4.69) is 20.5 Å². The summed E-state index contributed by atoms with van der Waals surface area (Å²) in [6.07, 6.45) is 0. The van der Waals surface area contributed by atoms with Gasteiger partial charge in [-0.1, -0.05) is 42.5 Å². The fourth-order valence-corrected chi connectivity index (χ4v) is 3.98. The van der Waals surface area contributed by atoms with Crippen molar-refractivity contribution in [1.82, 2.24) is 19.1 Å². The zero-order valence-electron chi connectivity index (χ0n) is 18.6. The second-order valence-corrected chi connectivity index (χ2v) is 8.01. The van der Waals surface area contributed by atoms with E-state index in [4.69, 9.17) is 0 Å². The highest BCUT2D eigenvalue weighted by molar-refractivity contribution is 5.99. The molecule has 0 aliphatic rings. The Kier molecular flexibility index (Phi) is 5.21. The molecule has 0 fully saturated rings. The van der Waals surface area contributed by atoms with Crippen molar-refractivity contribution < 1.29 is 5.11 Å². The van der Waals surface area contributed by atoms with Gasteiger partial charge >= 0.3 is 5.69 Å². The quantitative estimate of drug-likeness (QED) is 0.279. The number of hydrazone groups is 1. The van der Waals surface area contributed by atoms with Crippen LogP contribution in [0.3, 0.4) is 0 Å². The lowest BCUT2D eigenvalue weighted by Gasteiger charge is -2.11. The van der Waals surface area contributed by atoms with E-state index in [0.29, 0.717) is 18.2 Å². The highest BCUT2D eigenvalue weighted by Gasteiger charge is 2.18. The average Bonchev–Trinajstić information content (AvgIpc) is 3.20. The van der Waals surface area contributed by atoms with Crippen LogP contribution in [0.4, 0.5) is 5.95 Å². The lowest BCUT2D eigenvalue weighted by Crippen LogP contribution is -2.29. The minimum atomic E-state index is -0.539. The van der Waals surface area contributed by atoms with Gasteiger partial charge in [0.05, 0.1) is 12.3 Å². The third-order valence-corrected chi connectivity index (χ3v) is 5.82. The Morgan fingerprint density at radius 3 is 2.59 bits per heavy atom. The fourth-order valence-electron chi connectivity index (χ4n) is 3.98. The number of rotatable bonds is 5. The molecule has 0 saturated heterocycles. The van der Waals surface area contributed by atoms with Gasteiger partial charge in [-0.2, -0.15) is 10.1 Å². The second kappa shape index (κ2) is 8.36. The lowest BCUT2D eigenvalue weighted by atomic mass is 10.0. The summed E-state index contributed by atoms with van der Waals surface area (Å²) in [5, 5.41) is 16.1. The van der Waals surface area contributed by atoms with Crippen molar-refractivity contribution in [3.63, 3.8) is 0 Å². The SMILES string of the molecule is CC(=NNc1nc2c(c(=O)[nH]c(=O)n2C)n1Cc1cccc2ccccc12)c1ccc(O)cc1. The van der Waals surface area contributed by atoms with Crippen LogP contribution < -0.4 is 16.7 Å². The number of imidazole rings is 1. The number of aromatic amines is 1. The zero-order chi connectivity index (χ0) is 23.8. The molecule has 3 aromatic carbocycles. The van der Waals surface area contributed by atoms with Crippen molar-refractivity contribution in [1.29, 1.82) is 0 Å². The second-order valence-electron chi connectivity index (χ2n) is 8.01. The van der Waals surface area contributed by atoms with Gasteiger partial charge < -0.3 is 5.11 Å². The van der Waals surface area contributed by atoms with Gasteiger partial charge in [0.25, 0.3) is 5.56 Å². The first-order chi connectivity index (χ1) is 16.4. The molecule has 3 N–H and O–H groups in total. The average molecular weight is 454 g/mol. The van der Waals surface area contributed by atoms with Gasteiger partial charge in [0, 0.05) is 7.05 Å². The zero-order valence-corrected chi connectivity index (χ0v) is 18.6. The number of aromatic nitrogens is 4. The van der Waals surface area contributed by atoms with Crippen LogP contribution in [-0.2, 0) is 13.6 Å². The molecule has 0 spiro atoms. The van der Waals surface area contributed by atoms with Crippen LogP contribution in [0.25, 0.3) is 21.9 Å². The van der Waals surface area contributed by atoms with E-state index in [-0.39, 0.29) is 16.9 Å². The van der Waals surface area contributed by atoms with Crippen LogP contribution in [0.5, 0.6) is 5.75 Å². The number of hydrogen-bond acceptors (Lipinski definition) is 6. The minimum absolute atomic E-state index is 0.168. The predicted octanol–water partition coefficient (Wildman–Crippen LogP) is 3.17. The van der Waals surface area contributed by atoms with Crippen LogP contribution in [-0.4, -0.2) is 29.9 Å². The number of nitrogens with one attached hydrogen (secondary N) is 2. The monoisotopic (exact) mass is 454 g/mol. The summed E-state index contributed by atoms with van der Waals surface area (Å²) in [5.41, 5.74) is 4.91. The molecule has 9 heteroatoms. The molecular weight excluding hydrogens is 432 g/mol. The summed E-state index contributed by atoms with van der Waals surface area (Å²) in [7, 11) is 1.56. The van der Waals surface area contributed by atoms with E-state index in [1.807, 2.05) is 49.4 Å². The Bertz CT molecular complexity index is 1670. The summed E-state index contributed by atoms with van der Waals surface area (Å²) in [6, 6.07) is 20.7. The number of phenolic OH excluding ortho intramolecular Hbond substituents is 1. The summed E-state index contributed by atoms with van der Waals surface area (Å²) < 4.78 is 3.03. The maximum atomic E-state index is 12.8. The van der Waals surface area contributed by atoms with Gasteiger partial charge in [-0.25, -0.2) is 10.2 Å². The number of benzene rings is 3. The van der Waals surface area contributed by atoms with E-state index in [1.165, 1.54) is 4.57 Å². The van der Waals surface area contributed by atoms with Gasteiger partial charge in [-0.3, -0.25) is 18.9 Å². The molecule has 5 rings (SSSR count). The highest BCUT2D eigenvalue weighted by atomic mass is 16.3. The third-order valence-electron chi connectivity index (χ3n) is 5.82. The van der Waals surface area contributed by atoms with E-state index < -0.39 is 11.2 Å². The number of aromatic hydroxyl groups is 1. The molecule has 2 heterocycles. The van der Waals surface area contributed by atoms with Crippen LogP contribution in [0.1, 0.15) is 18.1 Å². The molecule has 0 saturated carbocycles. The Balaban J connectivity index is 1.65. The van der Waals surface area contributed by atoms with Crippen molar-refractivity contribution in [2.24, 2.45) is 12.1 Å². The van der Waals surface area contributed by atoms with E-state index in [0.717, 1.165) is 21.9 Å². The van der Waals surface area contributed by atoms with Crippen molar-refractivity contribution >= 4 is 33.6 Å². The number of hydrogen-bond donors (Lipinski definition) is 3. The number of fused-ring (bicyclic) bond motifs is 2. The molecule has 0 unspecified atom stereocenters. The van der Waals surface area contributed by atoms with Crippen molar-refractivity contribution in [3.8, 4) is 5.75 Å². The summed E-state index contributed by atoms with van der Waals surface area (Å²) in [6.45, 7) is 2.16. The molecular formula is C25H22N6O3. The van der Waals surface area contributed by atoms with Gasteiger partial charge in [0.15, 0.2) is 11.2 Å². The first-order valence-corrected chi connectivity index (χ1v) is 10.7. The molecule has 0 atom stereocenters. The molecule has 34 heavy (non-hydrogen) atoms. The molecule has 9 nitrogen and oxygen atoms in total. The molecule has 0 amide bonds. The van der Waals surface area contributed by atoms with E-state index >= 15 is 0 Å². The highest BCUT2D eigenvalue weighted by Crippen LogP contribution is 2.23. The third kappa shape index (κ3) is 3.73. The number of nitrogens with zero attached hydrogens (tertiary/aromatic N) is 4. The van der Waals surface area contributed by atoms with Gasteiger partial charge in [0.2, 0.25) is 5.95 Å². The predicted molar refractivity (Wildman–Crippen MR) is 133 cm³/mol. The van der Waals surface area contributed by atoms with Crippen molar-refractivity contribution in [2.45, 2.75) is 13.5 Å². The molecule has 0 aliphatic carbocycles. The standard InChI is InChI=1S/C25H22N6O3/c1-15(16-10-12-19(32)13-11-16)28-29-24-26-22-21(23(33)27-25(34)30(22)2)31(24)14-18-8-5-7-17-6-3-4-9-20(17)18/h3-13,32H,14H2,1-2H3,(H,26,29)(H,27,33,34). The maximum Gasteiger partial charge on any atom is 0.329 e. The van der Waals surface area contributed by atoms with Crippen molar-refractivity contribution in [3.05, 3.63) is 98.7 Å². The first kappa shape index (κ1) is 21.2. The Morgan fingerprint density at radius 1 is 1.06 bits per heavy atom. The number of H-pyrrole nitrogens is 1. The van der Waals surface area contributed by atoms with Gasteiger partial charge in [-0.05, 0) is 53.1 Å². The summed E-state index contributed by atoms with van der Waals surface area (Å²) >= 11 is 0. The largest absolute Gasteiger partial charge is 0.508 e. The molecule has 5 aromatic rings. The van der Waals surface area contributed by atoms with Gasteiger partial charge in [0.1, 0.15) is 5.75 Å². The molecule has 170 valence electrons.